The van der Waals surface area contributed by atoms with Crippen LogP contribution < -0.4 is 5.32 Å². The van der Waals surface area contributed by atoms with E-state index < -0.39 is 0 Å². The van der Waals surface area contributed by atoms with Crippen LogP contribution in [0.1, 0.15) is 50.1 Å². The Kier molecular flexibility index (Phi) is 4.19. The maximum Gasteiger partial charge on any atom is 0.0626 e. The Balaban J connectivity index is 1.59. The summed E-state index contributed by atoms with van der Waals surface area (Å²) in [6, 6.07) is 11.0. The summed E-state index contributed by atoms with van der Waals surface area (Å²) >= 11 is 0. The van der Waals surface area contributed by atoms with Crippen LogP contribution in [0.3, 0.4) is 0 Å². The van der Waals surface area contributed by atoms with Crippen molar-refractivity contribution in [3.8, 4) is 0 Å². The van der Waals surface area contributed by atoms with Gasteiger partial charge in [0.05, 0.1) is 12.6 Å². The Morgan fingerprint density at radius 1 is 1.05 bits per heavy atom. The molecule has 0 saturated heterocycles. The smallest absolute Gasteiger partial charge is 0.0626 e. The van der Waals surface area contributed by atoms with Gasteiger partial charge in [0.1, 0.15) is 0 Å². The van der Waals surface area contributed by atoms with Crippen LogP contribution in [0.5, 0.6) is 0 Å². The van der Waals surface area contributed by atoms with Gasteiger partial charge in [0, 0.05) is 6.04 Å². The van der Waals surface area contributed by atoms with Crippen molar-refractivity contribution in [3.63, 3.8) is 0 Å². The number of hydrogen-bond donors (Lipinski definition) is 2. The highest BCUT2D eigenvalue weighted by Crippen LogP contribution is 2.44. The van der Waals surface area contributed by atoms with E-state index in [0.29, 0.717) is 6.04 Å². The first-order valence-electron chi connectivity index (χ1n) is 7.78. The van der Waals surface area contributed by atoms with E-state index in [4.69, 9.17) is 0 Å². The molecule has 3 unspecified atom stereocenters. The molecular weight excluding hydrogens is 234 g/mol. The van der Waals surface area contributed by atoms with E-state index in [1.54, 1.807) is 0 Å². The Hall–Kier alpha value is -0.860. The average molecular weight is 259 g/mol. The number of aliphatic hydroxyl groups excluding tert-OH is 1. The maximum absolute atomic E-state index is 9.64. The predicted octanol–water partition coefficient (Wildman–Crippen LogP) is 3.28. The van der Waals surface area contributed by atoms with Crippen molar-refractivity contribution in [3.05, 3.63) is 35.9 Å². The summed E-state index contributed by atoms with van der Waals surface area (Å²) in [4.78, 5) is 0. The van der Waals surface area contributed by atoms with Gasteiger partial charge in [0.25, 0.3) is 0 Å². The lowest BCUT2D eigenvalue weighted by atomic mass is 9.82. The van der Waals surface area contributed by atoms with E-state index in [2.05, 4.69) is 17.4 Å². The van der Waals surface area contributed by atoms with Crippen LogP contribution >= 0.6 is 0 Å². The van der Waals surface area contributed by atoms with Gasteiger partial charge in [-0.25, -0.2) is 0 Å². The first-order chi connectivity index (χ1) is 9.36. The summed E-state index contributed by atoms with van der Waals surface area (Å²) < 4.78 is 0. The molecule has 3 atom stereocenters. The van der Waals surface area contributed by atoms with E-state index in [-0.39, 0.29) is 12.6 Å². The molecule has 0 amide bonds. The zero-order valence-corrected chi connectivity index (χ0v) is 11.6. The lowest BCUT2D eigenvalue weighted by Crippen LogP contribution is -2.38. The van der Waals surface area contributed by atoms with Crippen molar-refractivity contribution in [2.75, 3.05) is 6.61 Å². The molecule has 0 bridgehead atoms. The molecule has 19 heavy (non-hydrogen) atoms. The lowest BCUT2D eigenvalue weighted by Gasteiger charge is -2.32. The van der Waals surface area contributed by atoms with Gasteiger partial charge in [-0.3, -0.25) is 0 Å². The number of rotatable bonds is 5. The minimum atomic E-state index is 0.101. The van der Waals surface area contributed by atoms with Crippen LogP contribution in [-0.4, -0.2) is 17.8 Å². The maximum atomic E-state index is 9.64. The molecule has 3 rings (SSSR count). The van der Waals surface area contributed by atoms with Crippen LogP contribution in [0.15, 0.2) is 30.3 Å². The second-order valence-electron chi connectivity index (χ2n) is 6.27. The van der Waals surface area contributed by atoms with Crippen molar-refractivity contribution in [2.24, 2.45) is 11.8 Å². The molecule has 2 fully saturated rings. The van der Waals surface area contributed by atoms with Gasteiger partial charge in [-0.2, -0.15) is 0 Å². The summed E-state index contributed by atoms with van der Waals surface area (Å²) in [5.41, 5.74) is 1.21. The van der Waals surface area contributed by atoms with Crippen molar-refractivity contribution < 1.29 is 5.11 Å². The highest BCUT2D eigenvalue weighted by molar-refractivity contribution is 5.19. The number of nitrogens with one attached hydrogen (secondary N) is 1. The van der Waals surface area contributed by atoms with Gasteiger partial charge in [0.15, 0.2) is 0 Å². The van der Waals surface area contributed by atoms with Crippen LogP contribution in [-0.2, 0) is 0 Å². The van der Waals surface area contributed by atoms with Crippen molar-refractivity contribution in [1.82, 2.24) is 5.32 Å². The summed E-state index contributed by atoms with van der Waals surface area (Å²) in [5, 5.41) is 13.3. The molecular formula is C17H25NO. The molecule has 0 spiro atoms. The largest absolute Gasteiger partial charge is 0.394 e. The molecule has 0 aromatic heterocycles. The Labute approximate surface area is 116 Å². The number of benzene rings is 1. The average Bonchev–Trinajstić information content (AvgIpc) is 3.31. The number of aliphatic hydroxyl groups is 1. The first kappa shape index (κ1) is 13.1. The monoisotopic (exact) mass is 259 g/mol. The lowest BCUT2D eigenvalue weighted by molar-refractivity contribution is 0.197. The molecule has 2 saturated carbocycles. The third-order valence-corrected chi connectivity index (χ3v) is 4.82. The van der Waals surface area contributed by atoms with E-state index in [1.165, 1.54) is 44.1 Å². The van der Waals surface area contributed by atoms with Crippen LogP contribution in [0.4, 0.5) is 0 Å². The zero-order valence-electron chi connectivity index (χ0n) is 11.6. The zero-order chi connectivity index (χ0) is 13.1. The minimum Gasteiger partial charge on any atom is -0.394 e. The Morgan fingerprint density at radius 2 is 1.84 bits per heavy atom. The second-order valence-corrected chi connectivity index (χ2v) is 6.27. The fraction of sp³-hybridized carbons (Fsp3) is 0.647. The molecule has 2 nitrogen and oxygen atoms in total. The third-order valence-electron chi connectivity index (χ3n) is 4.82. The molecule has 0 heterocycles. The second kappa shape index (κ2) is 6.06. The van der Waals surface area contributed by atoms with E-state index in [0.717, 1.165) is 11.8 Å². The summed E-state index contributed by atoms with van der Waals surface area (Å²) in [7, 11) is 0. The molecule has 104 valence electrons. The topological polar surface area (TPSA) is 32.3 Å². The summed E-state index contributed by atoms with van der Waals surface area (Å²) in [6.45, 7) is 0.189. The molecule has 0 radical (unpaired) electrons. The van der Waals surface area contributed by atoms with Gasteiger partial charge in [-0.1, -0.05) is 43.2 Å². The van der Waals surface area contributed by atoms with Crippen molar-refractivity contribution in [2.45, 2.75) is 50.6 Å². The fourth-order valence-corrected chi connectivity index (χ4v) is 3.60. The molecule has 1 aromatic rings. The molecule has 1 aromatic carbocycles. The van der Waals surface area contributed by atoms with Crippen LogP contribution in [0.25, 0.3) is 0 Å². The van der Waals surface area contributed by atoms with Crippen molar-refractivity contribution >= 4 is 0 Å². The fourth-order valence-electron chi connectivity index (χ4n) is 3.60. The van der Waals surface area contributed by atoms with Gasteiger partial charge < -0.3 is 10.4 Å². The van der Waals surface area contributed by atoms with E-state index >= 15 is 0 Å². The minimum absolute atomic E-state index is 0.101. The van der Waals surface area contributed by atoms with Gasteiger partial charge in [-0.05, 0) is 43.1 Å². The normalized spacial score (nSPS) is 29.1. The van der Waals surface area contributed by atoms with Crippen LogP contribution in [0.2, 0.25) is 0 Å². The van der Waals surface area contributed by atoms with E-state index in [1.807, 2.05) is 18.2 Å². The number of hydrogen-bond acceptors (Lipinski definition) is 2. The van der Waals surface area contributed by atoms with E-state index in [9.17, 15) is 5.11 Å². The molecule has 2 heteroatoms. The molecule has 2 aliphatic carbocycles. The standard InChI is InChI=1S/C17H25NO/c19-12-17(14-5-2-1-3-6-14)18-16-8-4-7-15(11-16)13-9-10-13/h1-3,5-6,13,15-19H,4,7-12H2. The molecule has 2 N–H and O–H groups in total. The molecule has 2 aliphatic rings. The highest BCUT2D eigenvalue weighted by Gasteiger charge is 2.35. The quantitative estimate of drug-likeness (QED) is 0.850. The predicted molar refractivity (Wildman–Crippen MR) is 77.9 cm³/mol. The third kappa shape index (κ3) is 3.37. The van der Waals surface area contributed by atoms with Crippen molar-refractivity contribution in [1.29, 1.82) is 0 Å². The highest BCUT2D eigenvalue weighted by atomic mass is 16.3. The Morgan fingerprint density at radius 3 is 2.53 bits per heavy atom. The summed E-state index contributed by atoms with van der Waals surface area (Å²) in [6.07, 6.45) is 8.28. The SMILES string of the molecule is OCC(NC1CCCC(C2CC2)C1)c1ccccc1. The van der Waals surface area contributed by atoms with Gasteiger partial charge in [-0.15, -0.1) is 0 Å². The molecule has 0 aliphatic heterocycles. The Bertz CT molecular complexity index is 388. The van der Waals surface area contributed by atoms with Gasteiger partial charge in [0.2, 0.25) is 0 Å². The summed E-state index contributed by atoms with van der Waals surface area (Å²) in [5.74, 6) is 1.97. The first-order valence-corrected chi connectivity index (χ1v) is 7.78. The van der Waals surface area contributed by atoms with Crippen LogP contribution in [0, 0.1) is 11.8 Å². The van der Waals surface area contributed by atoms with Gasteiger partial charge >= 0.3 is 0 Å².